The molecule has 0 saturated heterocycles. The Kier molecular flexibility index (Phi) is 9.49. The van der Waals surface area contributed by atoms with Crippen molar-refractivity contribution in [1.29, 1.82) is 0 Å². The summed E-state index contributed by atoms with van der Waals surface area (Å²) < 4.78 is 12.5. The molecule has 0 spiro atoms. The van der Waals surface area contributed by atoms with Gasteiger partial charge < -0.3 is 8.85 Å². The summed E-state index contributed by atoms with van der Waals surface area (Å²) in [6, 6.07) is 7.18. The molecule has 1 aromatic rings. The highest BCUT2D eigenvalue weighted by atomic mass is 35.5. The van der Waals surface area contributed by atoms with Crippen molar-refractivity contribution in [3.63, 3.8) is 0 Å². The van der Waals surface area contributed by atoms with Crippen LogP contribution in [-0.4, -0.2) is 15.2 Å². The largest absolute Gasteiger partial charge is 0.519 e. The molecule has 0 aliphatic carbocycles. The van der Waals surface area contributed by atoms with Gasteiger partial charge in [-0.1, -0.05) is 69.7 Å². The lowest BCUT2D eigenvalue weighted by Crippen LogP contribution is -2.44. The summed E-state index contributed by atoms with van der Waals surface area (Å²) in [7, 11) is -2.23. The van der Waals surface area contributed by atoms with Crippen LogP contribution in [0.15, 0.2) is 18.2 Å². The molecule has 22 heavy (non-hydrogen) atoms. The average Bonchev–Trinajstić information content (AvgIpc) is 2.52. The Bertz CT molecular complexity index is 437. The molecule has 0 aliphatic heterocycles. The second-order valence-electron chi connectivity index (χ2n) is 5.56. The summed E-state index contributed by atoms with van der Waals surface area (Å²) in [5.41, 5.74) is 0. The summed E-state index contributed by atoms with van der Waals surface area (Å²) >= 11 is 12.2. The highest BCUT2D eigenvalue weighted by Gasteiger charge is 2.36. The molecular weight excluding hydrogens is 335 g/mol. The number of hydrogen-bond donors (Lipinski definition) is 0. The lowest BCUT2D eigenvalue weighted by molar-refractivity contribution is 0.230. The molecule has 5 heteroatoms. The van der Waals surface area contributed by atoms with Gasteiger partial charge in [-0.3, -0.25) is 0 Å². The van der Waals surface area contributed by atoms with Gasteiger partial charge in [0.1, 0.15) is 5.75 Å². The Morgan fingerprint density at radius 2 is 1.64 bits per heavy atom. The Hall–Kier alpha value is -0.223. The first kappa shape index (κ1) is 19.8. The summed E-state index contributed by atoms with van der Waals surface area (Å²) in [5, 5.41) is 1.17. The van der Waals surface area contributed by atoms with Crippen LogP contribution in [0.4, 0.5) is 0 Å². The van der Waals surface area contributed by atoms with E-state index in [4.69, 9.17) is 32.1 Å². The second kappa shape index (κ2) is 10.5. The quantitative estimate of drug-likeness (QED) is 0.316. The molecule has 0 unspecified atom stereocenters. The minimum absolute atomic E-state index is 0.554. The Balaban J connectivity index is 2.58. The van der Waals surface area contributed by atoms with E-state index in [2.05, 4.69) is 20.8 Å². The van der Waals surface area contributed by atoms with Crippen LogP contribution in [0.5, 0.6) is 5.75 Å². The standard InChI is InChI=1S/C17H28Cl2O2Si/c1-4-7-8-9-10-13-20-22(5-2,6-3)21-17-12-11-15(18)14-16(17)19/h11-12,14H,4-10,13H2,1-3H3. The summed E-state index contributed by atoms with van der Waals surface area (Å²) in [4.78, 5) is 0. The van der Waals surface area contributed by atoms with Crippen LogP contribution >= 0.6 is 23.2 Å². The van der Waals surface area contributed by atoms with E-state index in [9.17, 15) is 0 Å². The van der Waals surface area contributed by atoms with E-state index in [-0.39, 0.29) is 0 Å². The molecule has 1 rings (SSSR count). The number of benzene rings is 1. The van der Waals surface area contributed by atoms with Crippen LogP contribution in [0.3, 0.4) is 0 Å². The first-order valence-corrected chi connectivity index (χ1v) is 11.3. The zero-order valence-electron chi connectivity index (χ0n) is 14.0. The molecule has 0 aliphatic rings. The highest BCUT2D eigenvalue weighted by Crippen LogP contribution is 2.32. The average molecular weight is 363 g/mol. The fourth-order valence-electron chi connectivity index (χ4n) is 2.35. The van der Waals surface area contributed by atoms with Gasteiger partial charge in [0.25, 0.3) is 0 Å². The van der Waals surface area contributed by atoms with Gasteiger partial charge in [-0.05, 0) is 36.7 Å². The maximum atomic E-state index is 6.24. The maximum Gasteiger partial charge on any atom is 0.398 e. The minimum Gasteiger partial charge on any atom is -0.519 e. The van der Waals surface area contributed by atoms with E-state index in [0.29, 0.717) is 15.8 Å². The molecule has 1 aromatic carbocycles. The van der Waals surface area contributed by atoms with Crippen LogP contribution in [0.2, 0.25) is 22.1 Å². The van der Waals surface area contributed by atoms with Crippen molar-refractivity contribution in [3.8, 4) is 5.75 Å². The maximum absolute atomic E-state index is 6.24. The first-order chi connectivity index (χ1) is 10.6. The summed E-state index contributed by atoms with van der Waals surface area (Å²) in [5.74, 6) is 0.687. The van der Waals surface area contributed by atoms with Crippen LogP contribution < -0.4 is 4.43 Å². The molecule has 126 valence electrons. The molecule has 0 saturated carbocycles. The van der Waals surface area contributed by atoms with E-state index < -0.39 is 8.56 Å². The third-order valence-corrected chi connectivity index (χ3v) is 7.89. The summed E-state index contributed by atoms with van der Waals surface area (Å²) in [6.07, 6.45) is 6.19. The molecule has 0 heterocycles. The van der Waals surface area contributed by atoms with E-state index >= 15 is 0 Å². The molecular formula is C17H28Cl2O2Si. The van der Waals surface area contributed by atoms with Gasteiger partial charge in [0.2, 0.25) is 0 Å². The number of hydrogen-bond acceptors (Lipinski definition) is 2. The fourth-order valence-corrected chi connectivity index (χ4v) is 5.21. The Labute approximate surface area is 146 Å². The first-order valence-electron chi connectivity index (χ1n) is 8.35. The molecule has 2 nitrogen and oxygen atoms in total. The van der Waals surface area contributed by atoms with Gasteiger partial charge in [0, 0.05) is 11.6 Å². The third-order valence-electron chi connectivity index (χ3n) is 3.88. The van der Waals surface area contributed by atoms with Crippen LogP contribution in [0.1, 0.15) is 52.9 Å². The van der Waals surface area contributed by atoms with Crippen LogP contribution in [-0.2, 0) is 4.43 Å². The third kappa shape index (κ3) is 6.49. The lowest BCUT2D eigenvalue weighted by Gasteiger charge is -2.30. The zero-order chi connectivity index (χ0) is 16.4. The second-order valence-corrected chi connectivity index (χ2v) is 10.1. The van der Waals surface area contributed by atoms with Crippen molar-refractivity contribution >= 4 is 31.8 Å². The van der Waals surface area contributed by atoms with E-state index in [1.807, 2.05) is 6.07 Å². The molecule has 0 atom stereocenters. The van der Waals surface area contributed by atoms with Gasteiger partial charge in [-0.2, -0.15) is 0 Å². The zero-order valence-corrected chi connectivity index (χ0v) is 16.5. The van der Waals surface area contributed by atoms with Gasteiger partial charge in [-0.15, -0.1) is 0 Å². The predicted octanol–water partition coefficient (Wildman–Crippen LogP) is 6.84. The Morgan fingerprint density at radius 1 is 0.955 bits per heavy atom. The number of halogens is 2. The van der Waals surface area contributed by atoms with Crippen molar-refractivity contribution in [2.24, 2.45) is 0 Å². The highest BCUT2D eigenvalue weighted by molar-refractivity contribution is 6.68. The number of rotatable bonds is 11. The van der Waals surface area contributed by atoms with Crippen molar-refractivity contribution in [1.82, 2.24) is 0 Å². The molecule has 0 amide bonds. The SMILES string of the molecule is CCCCCCCO[Si](CC)(CC)Oc1ccc(Cl)cc1Cl. The monoisotopic (exact) mass is 362 g/mol. The van der Waals surface area contributed by atoms with Crippen LogP contribution in [0.25, 0.3) is 0 Å². The fraction of sp³-hybridized carbons (Fsp3) is 0.647. The smallest absolute Gasteiger partial charge is 0.398 e. The van der Waals surface area contributed by atoms with Crippen molar-refractivity contribution < 1.29 is 8.85 Å². The van der Waals surface area contributed by atoms with Crippen LogP contribution in [0, 0.1) is 0 Å². The summed E-state index contributed by atoms with van der Waals surface area (Å²) in [6.45, 7) is 7.28. The number of unbranched alkanes of at least 4 members (excludes halogenated alkanes) is 4. The lowest BCUT2D eigenvalue weighted by atomic mass is 10.2. The Morgan fingerprint density at radius 3 is 2.23 bits per heavy atom. The molecule has 0 radical (unpaired) electrons. The van der Waals surface area contributed by atoms with E-state index in [1.165, 1.54) is 25.7 Å². The molecule has 0 bridgehead atoms. The molecule has 0 N–H and O–H groups in total. The minimum atomic E-state index is -2.23. The normalized spacial score (nSPS) is 11.7. The van der Waals surface area contributed by atoms with Gasteiger partial charge in [0.15, 0.2) is 0 Å². The van der Waals surface area contributed by atoms with E-state index in [0.717, 1.165) is 25.1 Å². The molecule has 0 aromatic heterocycles. The van der Waals surface area contributed by atoms with E-state index in [1.54, 1.807) is 12.1 Å². The molecule has 0 fully saturated rings. The topological polar surface area (TPSA) is 18.5 Å². The van der Waals surface area contributed by atoms with Gasteiger partial charge >= 0.3 is 8.56 Å². The van der Waals surface area contributed by atoms with Crippen molar-refractivity contribution in [2.45, 2.75) is 65.0 Å². The predicted molar refractivity (Wildman–Crippen MR) is 98.5 cm³/mol. The van der Waals surface area contributed by atoms with Crippen molar-refractivity contribution in [3.05, 3.63) is 28.2 Å². The van der Waals surface area contributed by atoms with Gasteiger partial charge in [0.05, 0.1) is 5.02 Å². The van der Waals surface area contributed by atoms with Crippen molar-refractivity contribution in [2.75, 3.05) is 6.61 Å². The van der Waals surface area contributed by atoms with Gasteiger partial charge in [-0.25, -0.2) is 0 Å².